The van der Waals surface area contributed by atoms with Crippen LogP contribution in [0.15, 0.2) is 67.2 Å². The molecule has 1 fully saturated rings. The van der Waals surface area contributed by atoms with E-state index in [0.29, 0.717) is 17.9 Å². The van der Waals surface area contributed by atoms with E-state index in [1.807, 2.05) is 42.9 Å². The molecule has 1 aromatic heterocycles. The second-order valence-corrected chi connectivity index (χ2v) is 7.57. The summed E-state index contributed by atoms with van der Waals surface area (Å²) in [5, 5.41) is 0. The Bertz CT molecular complexity index is 780. The van der Waals surface area contributed by atoms with Gasteiger partial charge in [-0.1, -0.05) is 42.5 Å². The minimum Gasteiger partial charge on any atom is -0.489 e. The first-order valence-corrected chi connectivity index (χ1v) is 10.1. The van der Waals surface area contributed by atoms with E-state index in [1.54, 1.807) is 0 Å². The molecular weight excluding hydrogens is 334 g/mol. The van der Waals surface area contributed by atoms with Crippen molar-refractivity contribution in [1.82, 2.24) is 14.5 Å². The molecule has 3 atom stereocenters. The maximum Gasteiger partial charge on any atom is 0.119 e. The SMILES string of the molecule is CCn1cncc1CC1C=CC=CC1CN1CCC(Oc2ccccc2)C1. The maximum absolute atomic E-state index is 6.15. The molecule has 2 aromatic rings. The van der Waals surface area contributed by atoms with Crippen molar-refractivity contribution >= 4 is 0 Å². The Labute approximate surface area is 162 Å². The van der Waals surface area contributed by atoms with Crippen LogP contribution in [0.3, 0.4) is 0 Å². The third kappa shape index (κ3) is 4.51. The number of para-hydroxylation sites is 1. The monoisotopic (exact) mass is 363 g/mol. The second-order valence-electron chi connectivity index (χ2n) is 7.57. The molecule has 3 unspecified atom stereocenters. The molecule has 0 radical (unpaired) electrons. The van der Waals surface area contributed by atoms with Gasteiger partial charge in [0, 0.05) is 38.1 Å². The molecule has 0 amide bonds. The third-order valence-electron chi connectivity index (χ3n) is 5.71. The third-order valence-corrected chi connectivity index (χ3v) is 5.71. The summed E-state index contributed by atoms with van der Waals surface area (Å²) in [6.45, 7) is 6.39. The van der Waals surface area contributed by atoms with E-state index >= 15 is 0 Å². The first-order chi connectivity index (χ1) is 13.3. The van der Waals surface area contributed by atoms with Gasteiger partial charge in [-0.25, -0.2) is 4.98 Å². The van der Waals surface area contributed by atoms with Crippen molar-refractivity contribution in [2.75, 3.05) is 19.6 Å². The van der Waals surface area contributed by atoms with Crippen LogP contribution < -0.4 is 4.74 Å². The number of ether oxygens (including phenoxy) is 1. The predicted octanol–water partition coefficient (Wildman–Crippen LogP) is 3.96. The van der Waals surface area contributed by atoms with Crippen molar-refractivity contribution in [2.24, 2.45) is 11.8 Å². The van der Waals surface area contributed by atoms with E-state index < -0.39 is 0 Å². The van der Waals surface area contributed by atoms with Crippen molar-refractivity contribution in [2.45, 2.75) is 32.4 Å². The Morgan fingerprint density at radius 2 is 1.93 bits per heavy atom. The summed E-state index contributed by atoms with van der Waals surface area (Å²) in [4.78, 5) is 6.89. The molecule has 4 heteroatoms. The van der Waals surface area contributed by atoms with Crippen LogP contribution >= 0.6 is 0 Å². The quantitative estimate of drug-likeness (QED) is 0.746. The number of aryl methyl sites for hydroxylation is 1. The molecule has 0 N–H and O–H groups in total. The number of benzene rings is 1. The Morgan fingerprint density at radius 1 is 1.11 bits per heavy atom. The molecule has 2 heterocycles. The molecule has 4 rings (SSSR count). The van der Waals surface area contributed by atoms with Gasteiger partial charge in [0.25, 0.3) is 0 Å². The van der Waals surface area contributed by atoms with Gasteiger partial charge >= 0.3 is 0 Å². The second kappa shape index (κ2) is 8.57. The number of hydrogen-bond donors (Lipinski definition) is 0. The molecule has 4 nitrogen and oxygen atoms in total. The fourth-order valence-corrected chi connectivity index (χ4v) is 4.21. The summed E-state index contributed by atoms with van der Waals surface area (Å²) < 4.78 is 8.40. The molecule has 0 saturated carbocycles. The highest BCUT2D eigenvalue weighted by atomic mass is 16.5. The Balaban J connectivity index is 1.34. The van der Waals surface area contributed by atoms with Crippen LogP contribution in [0.1, 0.15) is 19.0 Å². The van der Waals surface area contributed by atoms with Gasteiger partial charge in [-0.2, -0.15) is 0 Å². The van der Waals surface area contributed by atoms with Crippen LogP contribution in [0.4, 0.5) is 0 Å². The zero-order valence-electron chi connectivity index (χ0n) is 16.1. The van der Waals surface area contributed by atoms with Gasteiger partial charge in [-0.05, 0) is 43.7 Å². The lowest BCUT2D eigenvalue weighted by Gasteiger charge is -2.28. The van der Waals surface area contributed by atoms with Gasteiger partial charge < -0.3 is 9.30 Å². The molecule has 142 valence electrons. The van der Waals surface area contributed by atoms with Gasteiger partial charge in [0.2, 0.25) is 0 Å². The number of hydrogen-bond acceptors (Lipinski definition) is 3. The summed E-state index contributed by atoms with van der Waals surface area (Å²) in [6.07, 6.45) is 15.6. The van der Waals surface area contributed by atoms with Crippen LogP contribution in [0.25, 0.3) is 0 Å². The van der Waals surface area contributed by atoms with Crippen molar-refractivity contribution in [1.29, 1.82) is 0 Å². The predicted molar refractivity (Wildman–Crippen MR) is 109 cm³/mol. The zero-order chi connectivity index (χ0) is 18.5. The number of allylic oxidation sites excluding steroid dienone is 3. The largest absolute Gasteiger partial charge is 0.489 e. The van der Waals surface area contributed by atoms with E-state index in [1.165, 1.54) is 5.69 Å². The average molecular weight is 364 g/mol. The standard InChI is InChI=1S/C23H29N3O/c1-2-26-18-24-15-21(26)14-19-8-6-7-9-20(19)16-25-13-12-23(17-25)27-22-10-4-3-5-11-22/h3-11,15,18-20,23H,2,12-14,16-17H2,1H3. The lowest BCUT2D eigenvalue weighted by molar-refractivity contribution is 0.190. The first kappa shape index (κ1) is 18.1. The highest BCUT2D eigenvalue weighted by molar-refractivity contribution is 5.21. The van der Waals surface area contributed by atoms with Crippen molar-refractivity contribution in [3.05, 3.63) is 72.9 Å². The number of rotatable bonds is 7. The van der Waals surface area contributed by atoms with Crippen LogP contribution in [-0.4, -0.2) is 40.2 Å². The fourth-order valence-electron chi connectivity index (χ4n) is 4.21. The Hall–Kier alpha value is -2.33. The van der Waals surface area contributed by atoms with Crippen LogP contribution in [0, 0.1) is 11.8 Å². The average Bonchev–Trinajstić information content (AvgIpc) is 3.33. The van der Waals surface area contributed by atoms with Crippen molar-refractivity contribution in [3.8, 4) is 5.75 Å². The first-order valence-electron chi connectivity index (χ1n) is 10.1. The number of aromatic nitrogens is 2. The highest BCUT2D eigenvalue weighted by Crippen LogP contribution is 2.27. The number of nitrogens with zero attached hydrogens (tertiary/aromatic N) is 3. The van der Waals surface area contributed by atoms with E-state index in [0.717, 1.165) is 44.8 Å². The van der Waals surface area contributed by atoms with E-state index in [2.05, 4.69) is 45.7 Å². The molecule has 1 aliphatic heterocycles. The van der Waals surface area contributed by atoms with Gasteiger partial charge in [-0.15, -0.1) is 0 Å². The Kier molecular flexibility index (Phi) is 5.73. The maximum atomic E-state index is 6.15. The zero-order valence-corrected chi connectivity index (χ0v) is 16.1. The Morgan fingerprint density at radius 3 is 2.74 bits per heavy atom. The molecular formula is C23H29N3O. The molecule has 27 heavy (non-hydrogen) atoms. The smallest absolute Gasteiger partial charge is 0.119 e. The molecule has 0 spiro atoms. The summed E-state index contributed by atoms with van der Waals surface area (Å²) in [5.41, 5.74) is 1.33. The van der Waals surface area contributed by atoms with Crippen molar-refractivity contribution in [3.63, 3.8) is 0 Å². The molecule has 1 saturated heterocycles. The summed E-state index contributed by atoms with van der Waals surface area (Å²) in [7, 11) is 0. The minimum atomic E-state index is 0.301. The normalized spacial score (nSPS) is 25.1. The minimum absolute atomic E-state index is 0.301. The van der Waals surface area contributed by atoms with Gasteiger partial charge in [0.05, 0.1) is 6.33 Å². The summed E-state index contributed by atoms with van der Waals surface area (Å²) >= 11 is 0. The molecule has 0 bridgehead atoms. The molecule has 1 aliphatic carbocycles. The van der Waals surface area contributed by atoms with Gasteiger partial charge in [0.15, 0.2) is 0 Å². The van der Waals surface area contributed by atoms with E-state index in [4.69, 9.17) is 4.74 Å². The number of likely N-dealkylation sites (tertiary alicyclic amines) is 1. The molecule has 2 aliphatic rings. The fraction of sp³-hybridized carbons (Fsp3) is 0.435. The van der Waals surface area contributed by atoms with E-state index in [-0.39, 0.29) is 0 Å². The van der Waals surface area contributed by atoms with Crippen LogP contribution in [-0.2, 0) is 13.0 Å². The topological polar surface area (TPSA) is 30.3 Å². The summed E-state index contributed by atoms with van der Waals surface area (Å²) in [5.74, 6) is 2.06. The van der Waals surface area contributed by atoms with Crippen LogP contribution in [0.2, 0.25) is 0 Å². The van der Waals surface area contributed by atoms with E-state index in [9.17, 15) is 0 Å². The highest BCUT2D eigenvalue weighted by Gasteiger charge is 2.28. The molecule has 1 aromatic carbocycles. The van der Waals surface area contributed by atoms with Gasteiger partial charge in [0.1, 0.15) is 11.9 Å². The van der Waals surface area contributed by atoms with Gasteiger partial charge in [-0.3, -0.25) is 4.90 Å². The van der Waals surface area contributed by atoms with Crippen molar-refractivity contribution < 1.29 is 4.74 Å². The van der Waals surface area contributed by atoms with Crippen LogP contribution in [0.5, 0.6) is 5.75 Å². The number of imidazole rings is 1. The lowest BCUT2D eigenvalue weighted by Crippen LogP contribution is -2.33. The summed E-state index contributed by atoms with van der Waals surface area (Å²) in [6, 6.07) is 10.2. The lowest BCUT2D eigenvalue weighted by atomic mass is 9.84.